The van der Waals surface area contributed by atoms with E-state index in [2.05, 4.69) is 14.7 Å². The van der Waals surface area contributed by atoms with Crippen LogP contribution in [0, 0.1) is 0 Å². The fourth-order valence-electron chi connectivity index (χ4n) is 0.180. The Balaban J connectivity index is 0. The summed E-state index contributed by atoms with van der Waals surface area (Å²) in [5, 5.41) is 3.08. The summed E-state index contributed by atoms with van der Waals surface area (Å²) < 4.78 is 3.97. The highest BCUT2D eigenvalue weighted by Gasteiger charge is 1.74. The number of rotatable bonds is 0. The van der Waals surface area contributed by atoms with Gasteiger partial charge in [-0.1, -0.05) is 5.16 Å². The van der Waals surface area contributed by atoms with Crippen LogP contribution in [0.2, 0.25) is 0 Å². The molecule has 0 fully saturated rings. The van der Waals surface area contributed by atoms with Crippen molar-refractivity contribution in [1.29, 1.82) is 0 Å². The maximum atomic E-state index is 9.78. The van der Waals surface area contributed by atoms with E-state index in [1.54, 1.807) is 0 Å². The SMILES string of the molecule is Cl.Cl.O=c1[nH]cno1. The van der Waals surface area contributed by atoms with Crippen LogP contribution in [-0.4, -0.2) is 10.1 Å². The van der Waals surface area contributed by atoms with Crippen LogP contribution in [0.4, 0.5) is 0 Å². The van der Waals surface area contributed by atoms with Crippen molar-refractivity contribution in [1.82, 2.24) is 10.1 Å². The average Bonchev–Trinajstić information content (AvgIpc) is 1.86. The number of nitrogens with zero attached hydrogens (tertiary/aromatic N) is 1. The Morgan fingerprint density at radius 2 is 2.25 bits per heavy atom. The van der Waals surface area contributed by atoms with E-state index in [1.165, 1.54) is 6.33 Å². The van der Waals surface area contributed by atoms with Gasteiger partial charge in [0, 0.05) is 0 Å². The molecule has 1 aromatic heterocycles. The zero-order valence-corrected chi connectivity index (χ0v) is 5.29. The molecule has 1 rings (SSSR count). The number of hydrogen-bond acceptors (Lipinski definition) is 3. The summed E-state index contributed by atoms with van der Waals surface area (Å²) in [4.78, 5) is 12.0. The Morgan fingerprint density at radius 1 is 1.62 bits per heavy atom. The second kappa shape index (κ2) is 4.67. The number of nitrogens with one attached hydrogen (secondary N) is 1. The highest BCUT2D eigenvalue weighted by molar-refractivity contribution is 5.85. The first-order chi connectivity index (χ1) is 2.89. The second-order valence-electron chi connectivity index (χ2n) is 0.758. The molecule has 0 bridgehead atoms. The second-order valence-corrected chi connectivity index (χ2v) is 0.758. The summed E-state index contributed by atoms with van der Waals surface area (Å²) in [6, 6.07) is 0. The number of halogens is 2. The molecule has 1 aromatic rings. The van der Waals surface area contributed by atoms with E-state index in [0.717, 1.165) is 0 Å². The summed E-state index contributed by atoms with van der Waals surface area (Å²) in [5.41, 5.74) is 0. The predicted molar refractivity (Wildman–Crippen MR) is 31.6 cm³/mol. The van der Waals surface area contributed by atoms with E-state index < -0.39 is 5.76 Å². The molecule has 48 valence electrons. The van der Waals surface area contributed by atoms with Crippen LogP contribution in [0.15, 0.2) is 15.6 Å². The minimum atomic E-state index is -0.519. The summed E-state index contributed by atoms with van der Waals surface area (Å²) in [7, 11) is 0. The smallest absolute Gasteiger partial charge is 0.296 e. The lowest BCUT2D eigenvalue weighted by Crippen LogP contribution is -1.92. The van der Waals surface area contributed by atoms with Gasteiger partial charge in [-0.3, -0.25) is 9.51 Å². The Morgan fingerprint density at radius 3 is 2.38 bits per heavy atom. The zero-order chi connectivity index (χ0) is 4.41. The van der Waals surface area contributed by atoms with Gasteiger partial charge in [0.15, 0.2) is 0 Å². The summed E-state index contributed by atoms with van der Waals surface area (Å²) >= 11 is 0. The van der Waals surface area contributed by atoms with Gasteiger partial charge in [0.2, 0.25) is 0 Å². The van der Waals surface area contributed by atoms with Gasteiger partial charge in [-0.05, 0) is 0 Å². The fourth-order valence-corrected chi connectivity index (χ4v) is 0.180. The first-order valence-corrected chi connectivity index (χ1v) is 1.39. The van der Waals surface area contributed by atoms with Crippen molar-refractivity contribution >= 4 is 24.8 Å². The van der Waals surface area contributed by atoms with Crippen LogP contribution in [0.5, 0.6) is 0 Å². The van der Waals surface area contributed by atoms with Gasteiger partial charge < -0.3 is 0 Å². The standard InChI is InChI=1S/C2H2N2O2.2ClH/c5-2-3-1-4-6-2;;/h1H,(H,3,4,5);2*1H. The van der Waals surface area contributed by atoms with Crippen LogP contribution in [0.3, 0.4) is 0 Å². The Bertz CT molecular complexity index is 154. The van der Waals surface area contributed by atoms with Crippen molar-refractivity contribution in [2.45, 2.75) is 0 Å². The molecule has 1 N–H and O–H groups in total. The normalized spacial score (nSPS) is 6.50. The summed E-state index contributed by atoms with van der Waals surface area (Å²) in [6.45, 7) is 0. The molecule has 0 aromatic carbocycles. The number of hydrogen-bond donors (Lipinski definition) is 1. The van der Waals surface area contributed by atoms with Crippen LogP contribution in [-0.2, 0) is 0 Å². The van der Waals surface area contributed by atoms with Crippen molar-refractivity contribution in [3.05, 3.63) is 16.9 Å². The van der Waals surface area contributed by atoms with Gasteiger partial charge in [-0.15, -0.1) is 24.8 Å². The molecule has 0 aliphatic rings. The molecule has 0 spiro atoms. The van der Waals surface area contributed by atoms with E-state index in [-0.39, 0.29) is 24.8 Å². The molecular formula is C2H4Cl2N2O2. The summed E-state index contributed by atoms with van der Waals surface area (Å²) in [6.07, 6.45) is 1.18. The Kier molecular flexibility index (Phi) is 6.13. The number of H-pyrrole nitrogens is 1. The molecule has 0 atom stereocenters. The van der Waals surface area contributed by atoms with Crippen molar-refractivity contribution in [2.24, 2.45) is 0 Å². The van der Waals surface area contributed by atoms with E-state index in [4.69, 9.17) is 0 Å². The van der Waals surface area contributed by atoms with Crippen LogP contribution < -0.4 is 5.76 Å². The Labute approximate surface area is 57.1 Å². The molecule has 8 heavy (non-hydrogen) atoms. The van der Waals surface area contributed by atoms with E-state index >= 15 is 0 Å². The van der Waals surface area contributed by atoms with Crippen LogP contribution in [0.1, 0.15) is 0 Å². The first kappa shape index (κ1) is 10.5. The van der Waals surface area contributed by atoms with E-state index in [1.807, 2.05) is 0 Å². The van der Waals surface area contributed by atoms with Crippen molar-refractivity contribution < 1.29 is 4.52 Å². The molecular weight excluding hydrogens is 155 g/mol. The number of aromatic nitrogens is 2. The van der Waals surface area contributed by atoms with Gasteiger partial charge in [-0.2, -0.15) is 0 Å². The van der Waals surface area contributed by atoms with E-state index in [9.17, 15) is 4.79 Å². The molecule has 4 nitrogen and oxygen atoms in total. The van der Waals surface area contributed by atoms with E-state index in [0.29, 0.717) is 0 Å². The number of aromatic amines is 1. The van der Waals surface area contributed by atoms with Gasteiger partial charge in [0.1, 0.15) is 6.33 Å². The van der Waals surface area contributed by atoms with Crippen LogP contribution >= 0.6 is 24.8 Å². The van der Waals surface area contributed by atoms with Gasteiger partial charge >= 0.3 is 5.76 Å². The van der Waals surface area contributed by atoms with Gasteiger partial charge in [-0.25, -0.2) is 4.79 Å². The van der Waals surface area contributed by atoms with Crippen molar-refractivity contribution in [3.63, 3.8) is 0 Å². The lowest BCUT2D eigenvalue weighted by molar-refractivity contribution is 0.386. The molecule has 0 amide bonds. The average molecular weight is 159 g/mol. The summed E-state index contributed by atoms with van der Waals surface area (Å²) in [5.74, 6) is -0.519. The third-order valence-electron chi connectivity index (χ3n) is 0.371. The quantitative estimate of drug-likeness (QED) is 0.588. The van der Waals surface area contributed by atoms with Gasteiger partial charge in [0.05, 0.1) is 0 Å². The molecule has 6 heteroatoms. The molecule has 0 saturated heterocycles. The molecule has 0 saturated carbocycles. The molecule has 1 heterocycles. The fraction of sp³-hybridized carbons (Fsp3) is 0. The first-order valence-electron chi connectivity index (χ1n) is 1.39. The maximum Gasteiger partial charge on any atom is 0.438 e. The lowest BCUT2D eigenvalue weighted by Gasteiger charge is -1.47. The highest BCUT2D eigenvalue weighted by atomic mass is 35.5. The minimum Gasteiger partial charge on any atom is -0.296 e. The molecule has 0 unspecified atom stereocenters. The minimum absolute atomic E-state index is 0. The Hall–Kier alpha value is -0.480. The molecule has 0 aliphatic carbocycles. The van der Waals surface area contributed by atoms with Crippen molar-refractivity contribution in [3.8, 4) is 0 Å². The third kappa shape index (κ3) is 2.65. The predicted octanol–water partition coefficient (Wildman–Crippen LogP) is 0.207. The highest BCUT2D eigenvalue weighted by Crippen LogP contribution is 1.51. The van der Waals surface area contributed by atoms with Crippen LogP contribution in [0.25, 0.3) is 0 Å². The molecule has 0 radical (unpaired) electrons. The lowest BCUT2D eigenvalue weighted by atomic mass is 11.3. The van der Waals surface area contributed by atoms with Gasteiger partial charge in [0.25, 0.3) is 0 Å². The molecule has 0 aliphatic heterocycles. The third-order valence-corrected chi connectivity index (χ3v) is 0.371. The monoisotopic (exact) mass is 158 g/mol. The zero-order valence-electron chi connectivity index (χ0n) is 3.66. The largest absolute Gasteiger partial charge is 0.438 e. The topological polar surface area (TPSA) is 58.9 Å². The maximum absolute atomic E-state index is 9.78. The van der Waals surface area contributed by atoms with Crippen molar-refractivity contribution in [2.75, 3.05) is 0 Å².